The van der Waals surface area contributed by atoms with E-state index in [4.69, 9.17) is 23.2 Å². The summed E-state index contributed by atoms with van der Waals surface area (Å²) in [5.74, 6) is -0.366. The molecule has 0 aliphatic carbocycles. The molecule has 1 atom stereocenters. The van der Waals surface area contributed by atoms with Crippen molar-refractivity contribution in [3.8, 4) is 10.6 Å². The molecule has 1 saturated heterocycles. The first-order valence-corrected chi connectivity index (χ1v) is 11.2. The van der Waals surface area contributed by atoms with Crippen LogP contribution in [0.1, 0.15) is 35.1 Å². The van der Waals surface area contributed by atoms with Gasteiger partial charge in [-0.2, -0.15) is 0 Å². The first-order chi connectivity index (χ1) is 13.5. The molecule has 6 nitrogen and oxygen atoms in total. The average molecular weight is 454 g/mol. The highest BCUT2D eigenvalue weighted by Crippen LogP contribution is 2.37. The van der Waals surface area contributed by atoms with Crippen molar-refractivity contribution in [2.45, 2.75) is 32.4 Å². The molecule has 0 aromatic carbocycles. The molecule has 3 aromatic rings. The maximum atomic E-state index is 12.5. The second-order valence-corrected chi connectivity index (χ2v) is 9.38. The first-order valence-electron chi connectivity index (χ1n) is 8.76. The van der Waals surface area contributed by atoms with Crippen LogP contribution in [0, 0.1) is 0 Å². The molecular weight excluding hydrogens is 437 g/mol. The minimum atomic E-state index is -0.366. The zero-order valence-corrected chi connectivity index (χ0v) is 18.1. The van der Waals surface area contributed by atoms with E-state index in [0.29, 0.717) is 16.2 Å². The van der Waals surface area contributed by atoms with Crippen LogP contribution in [0.3, 0.4) is 0 Å². The van der Waals surface area contributed by atoms with E-state index in [1.165, 1.54) is 36.6 Å². The summed E-state index contributed by atoms with van der Waals surface area (Å²) < 4.78 is 0. The number of anilines is 1. The monoisotopic (exact) mass is 453 g/mol. The van der Waals surface area contributed by atoms with Gasteiger partial charge in [0.2, 0.25) is 0 Å². The van der Waals surface area contributed by atoms with Gasteiger partial charge < -0.3 is 0 Å². The minimum Gasteiger partial charge on any atom is -0.296 e. The number of likely N-dealkylation sites (tertiary alicyclic amines) is 1. The van der Waals surface area contributed by atoms with Crippen molar-refractivity contribution in [1.82, 2.24) is 19.9 Å². The first kappa shape index (κ1) is 19.7. The van der Waals surface area contributed by atoms with Crippen molar-refractivity contribution in [1.29, 1.82) is 0 Å². The number of halogens is 2. The SMILES string of the molecule is C[C@@H]1CCCN1Cc1sc(NC(=O)c2cnc(Cl)cn2)nc1-c1cc(Cl)cs1. The molecule has 1 amide bonds. The summed E-state index contributed by atoms with van der Waals surface area (Å²) >= 11 is 14.9. The van der Waals surface area contributed by atoms with E-state index in [0.717, 1.165) is 28.5 Å². The third kappa shape index (κ3) is 4.36. The molecule has 3 aromatic heterocycles. The van der Waals surface area contributed by atoms with Gasteiger partial charge in [0.05, 0.1) is 28.0 Å². The number of carbonyl (C=O) groups excluding carboxylic acids is 1. The summed E-state index contributed by atoms with van der Waals surface area (Å²) in [6.45, 7) is 4.13. The number of rotatable bonds is 5. The number of hydrogen-bond acceptors (Lipinski definition) is 7. The molecule has 1 aliphatic heterocycles. The van der Waals surface area contributed by atoms with Crippen molar-refractivity contribution >= 4 is 56.9 Å². The fraction of sp³-hybridized carbons (Fsp3) is 0.333. The van der Waals surface area contributed by atoms with Crippen LogP contribution in [-0.4, -0.2) is 38.3 Å². The fourth-order valence-electron chi connectivity index (χ4n) is 3.14. The molecule has 4 heterocycles. The molecular formula is C18H17Cl2N5OS2. The van der Waals surface area contributed by atoms with Gasteiger partial charge in [-0.15, -0.1) is 11.3 Å². The van der Waals surface area contributed by atoms with Gasteiger partial charge in [-0.1, -0.05) is 34.5 Å². The van der Waals surface area contributed by atoms with Crippen molar-refractivity contribution in [2.24, 2.45) is 0 Å². The average Bonchev–Trinajstić information content (AvgIpc) is 3.37. The van der Waals surface area contributed by atoms with Gasteiger partial charge in [0, 0.05) is 22.8 Å². The molecule has 0 saturated carbocycles. The summed E-state index contributed by atoms with van der Waals surface area (Å²) in [4.78, 5) is 29.6. The van der Waals surface area contributed by atoms with E-state index in [1.807, 2.05) is 11.4 Å². The highest BCUT2D eigenvalue weighted by molar-refractivity contribution is 7.17. The Kier molecular flexibility index (Phi) is 5.93. The van der Waals surface area contributed by atoms with Crippen LogP contribution in [0.5, 0.6) is 0 Å². The molecule has 146 valence electrons. The number of thiophene rings is 1. The maximum Gasteiger partial charge on any atom is 0.277 e. The molecule has 1 fully saturated rings. The van der Waals surface area contributed by atoms with Crippen LogP contribution >= 0.6 is 45.9 Å². The number of carbonyl (C=O) groups is 1. The Morgan fingerprint density at radius 2 is 2.21 bits per heavy atom. The van der Waals surface area contributed by atoms with E-state index in [-0.39, 0.29) is 16.8 Å². The number of aromatic nitrogens is 3. The Morgan fingerprint density at radius 3 is 2.86 bits per heavy atom. The summed E-state index contributed by atoms with van der Waals surface area (Å²) in [7, 11) is 0. The Balaban J connectivity index is 1.60. The van der Waals surface area contributed by atoms with Crippen molar-refractivity contribution in [3.05, 3.63) is 44.6 Å². The summed E-state index contributed by atoms with van der Waals surface area (Å²) in [5.41, 5.74) is 1.06. The van der Waals surface area contributed by atoms with Crippen LogP contribution in [0.4, 0.5) is 5.13 Å². The Hall–Kier alpha value is -1.58. The van der Waals surface area contributed by atoms with Crippen LogP contribution in [0.25, 0.3) is 10.6 Å². The Morgan fingerprint density at radius 1 is 1.36 bits per heavy atom. The lowest BCUT2D eigenvalue weighted by Crippen LogP contribution is -2.25. The lowest BCUT2D eigenvalue weighted by molar-refractivity contribution is 0.102. The van der Waals surface area contributed by atoms with Crippen LogP contribution < -0.4 is 5.32 Å². The van der Waals surface area contributed by atoms with Gasteiger partial charge in [0.15, 0.2) is 5.13 Å². The topological polar surface area (TPSA) is 71.0 Å². The molecule has 10 heteroatoms. The zero-order valence-electron chi connectivity index (χ0n) is 15.0. The van der Waals surface area contributed by atoms with Crippen LogP contribution in [-0.2, 0) is 6.54 Å². The van der Waals surface area contributed by atoms with E-state index in [1.54, 1.807) is 11.3 Å². The van der Waals surface area contributed by atoms with Crippen molar-refractivity contribution in [3.63, 3.8) is 0 Å². The normalized spacial score (nSPS) is 17.2. The van der Waals surface area contributed by atoms with E-state index >= 15 is 0 Å². The quantitative estimate of drug-likeness (QED) is 0.574. The van der Waals surface area contributed by atoms with E-state index in [2.05, 4.69) is 32.1 Å². The fourth-order valence-corrected chi connectivity index (χ4v) is 5.39. The minimum absolute atomic E-state index is 0.190. The van der Waals surface area contributed by atoms with E-state index in [9.17, 15) is 4.79 Å². The molecule has 1 aliphatic rings. The summed E-state index contributed by atoms with van der Waals surface area (Å²) in [5, 5.41) is 6.18. The van der Waals surface area contributed by atoms with Crippen molar-refractivity contribution in [2.75, 3.05) is 11.9 Å². The molecule has 0 bridgehead atoms. The number of thiazole rings is 1. The number of amides is 1. The van der Waals surface area contributed by atoms with Gasteiger partial charge in [0.1, 0.15) is 10.8 Å². The summed E-state index contributed by atoms with van der Waals surface area (Å²) in [6.07, 6.45) is 5.10. The number of nitrogens with one attached hydrogen (secondary N) is 1. The van der Waals surface area contributed by atoms with Crippen molar-refractivity contribution < 1.29 is 4.79 Å². The lowest BCUT2D eigenvalue weighted by atomic mass is 10.2. The molecule has 28 heavy (non-hydrogen) atoms. The second-order valence-electron chi connectivity index (χ2n) is 6.56. The molecule has 0 radical (unpaired) electrons. The number of hydrogen-bond donors (Lipinski definition) is 1. The molecule has 0 unspecified atom stereocenters. The Labute approximate surface area is 180 Å². The second kappa shape index (κ2) is 8.42. The third-order valence-corrected chi connectivity index (χ3v) is 7.04. The Bertz CT molecular complexity index is 988. The van der Waals surface area contributed by atoms with Crippen LogP contribution in [0.2, 0.25) is 10.2 Å². The van der Waals surface area contributed by atoms with Gasteiger partial charge >= 0.3 is 0 Å². The number of nitrogens with zero attached hydrogens (tertiary/aromatic N) is 4. The highest BCUT2D eigenvalue weighted by atomic mass is 35.5. The molecule has 1 N–H and O–H groups in total. The van der Waals surface area contributed by atoms with Gasteiger partial charge in [-0.3, -0.25) is 15.0 Å². The van der Waals surface area contributed by atoms with Gasteiger partial charge in [-0.05, 0) is 32.4 Å². The maximum absolute atomic E-state index is 12.5. The van der Waals surface area contributed by atoms with Gasteiger partial charge in [-0.25, -0.2) is 15.0 Å². The third-order valence-electron chi connectivity index (χ3n) is 4.61. The molecule has 4 rings (SSSR count). The predicted molar refractivity (Wildman–Crippen MR) is 115 cm³/mol. The van der Waals surface area contributed by atoms with Gasteiger partial charge in [0.25, 0.3) is 5.91 Å². The standard InChI is InChI=1S/C18H17Cl2N5OS2/c1-10-3-2-4-25(10)8-14-16(13-5-11(19)9-27-13)23-18(28-14)24-17(26)12-6-22-15(20)7-21-12/h5-7,9-10H,2-4,8H2,1H3,(H,23,24,26)/t10-/m1/s1. The predicted octanol–water partition coefficient (Wildman–Crippen LogP) is 5.21. The van der Waals surface area contributed by atoms with E-state index < -0.39 is 0 Å². The smallest absolute Gasteiger partial charge is 0.277 e. The van der Waals surface area contributed by atoms with Crippen LogP contribution in [0.15, 0.2) is 23.8 Å². The summed E-state index contributed by atoms with van der Waals surface area (Å²) in [6, 6.07) is 2.46. The lowest BCUT2D eigenvalue weighted by Gasteiger charge is -2.20. The molecule has 0 spiro atoms. The highest BCUT2D eigenvalue weighted by Gasteiger charge is 2.24. The largest absolute Gasteiger partial charge is 0.296 e. The zero-order chi connectivity index (χ0) is 19.7.